The van der Waals surface area contributed by atoms with Crippen molar-refractivity contribution < 1.29 is 14.3 Å². The lowest BCUT2D eigenvalue weighted by atomic mass is 10.1. The third-order valence-electron chi connectivity index (χ3n) is 3.57. The van der Waals surface area contributed by atoms with E-state index in [1.165, 1.54) is 0 Å². The van der Waals surface area contributed by atoms with Crippen molar-refractivity contribution in [3.63, 3.8) is 0 Å². The van der Waals surface area contributed by atoms with Crippen LogP contribution in [0.15, 0.2) is 54.6 Å². The van der Waals surface area contributed by atoms with Gasteiger partial charge in [-0.3, -0.25) is 9.59 Å². The van der Waals surface area contributed by atoms with Crippen molar-refractivity contribution in [1.29, 1.82) is 0 Å². The Morgan fingerprint density at radius 2 is 1.75 bits per heavy atom. The quantitative estimate of drug-likeness (QED) is 0.778. The Labute approximate surface area is 146 Å². The SMILES string of the molecule is C[C@@H](NC(=O)COC(=O)CCc1ccccc1)c1ccccc1Cl. The Morgan fingerprint density at radius 3 is 2.46 bits per heavy atom. The van der Waals surface area contributed by atoms with Gasteiger partial charge in [0.05, 0.1) is 6.04 Å². The average molecular weight is 346 g/mol. The summed E-state index contributed by atoms with van der Waals surface area (Å²) in [6.07, 6.45) is 0.842. The molecule has 1 amide bonds. The van der Waals surface area contributed by atoms with Crippen molar-refractivity contribution in [3.8, 4) is 0 Å². The summed E-state index contributed by atoms with van der Waals surface area (Å²) in [4.78, 5) is 23.6. The van der Waals surface area contributed by atoms with E-state index in [4.69, 9.17) is 16.3 Å². The van der Waals surface area contributed by atoms with Crippen LogP contribution in [0, 0.1) is 0 Å². The number of nitrogens with one attached hydrogen (secondary N) is 1. The number of hydrogen-bond donors (Lipinski definition) is 1. The molecule has 0 bridgehead atoms. The Balaban J connectivity index is 1.72. The van der Waals surface area contributed by atoms with E-state index in [2.05, 4.69) is 5.32 Å². The molecule has 0 aromatic heterocycles. The van der Waals surface area contributed by atoms with Crippen molar-refractivity contribution in [2.24, 2.45) is 0 Å². The lowest BCUT2D eigenvalue weighted by molar-refractivity contribution is -0.148. The number of aryl methyl sites for hydroxylation is 1. The smallest absolute Gasteiger partial charge is 0.306 e. The molecule has 0 radical (unpaired) electrons. The molecule has 2 aromatic rings. The van der Waals surface area contributed by atoms with Crippen LogP contribution in [0.3, 0.4) is 0 Å². The fourth-order valence-corrected chi connectivity index (χ4v) is 2.60. The van der Waals surface area contributed by atoms with Crippen LogP contribution >= 0.6 is 11.6 Å². The lowest BCUT2D eigenvalue weighted by Crippen LogP contribution is -2.31. The predicted molar refractivity (Wildman–Crippen MR) is 93.7 cm³/mol. The van der Waals surface area contributed by atoms with Crippen LogP contribution in [0.5, 0.6) is 0 Å². The molecule has 1 atom stereocenters. The van der Waals surface area contributed by atoms with E-state index < -0.39 is 0 Å². The number of ether oxygens (including phenoxy) is 1. The molecule has 0 heterocycles. The number of amides is 1. The Morgan fingerprint density at radius 1 is 1.08 bits per heavy atom. The minimum absolute atomic E-state index is 0.247. The van der Waals surface area contributed by atoms with Crippen LogP contribution in [0.25, 0.3) is 0 Å². The highest BCUT2D eigenvalue weighted by molar-refractivity contribution is 6.31. The third kappa shape index (κ3) is 5.70. The maximum atomic E-state index is 11.9. The Kier molecular flexibility index (Phi) is 6.82. The zero-order valence-corrected chi connectivity index (χ0v) is 14.3. The van der Waals surface area contributed by atoms with Crippen LogP contribution in [0.1, 0.15) is 30.5 Å². The molecule has 24 heavy (non-hydrogen) atoms. The summed E-state index contributed by atoms with van der Waals surface area (Å²) in [5.41, 5.74) is 1.88. The second kappa shape index (κ2) is 9.08. The summed E-state index contributed by atoms with van der Waals surface area (Å²) < 4.78 is 5.01. The van der Waals surface area contributed by atoms with Gasteiger partial charge in [-0.05, 0) is 30.5 Å². The normalized spacial score (nSPS) is 11.6. The summed E-state index contributed by atoms with van der Waals surface area (Å²) in [5, 5.41) is 3.35. The van der Waals surface area contributed by atoms with Gasteiger partial charge >= 0.3 is 5.97 Å². The molecule has 0 spiro atoms. The number of halogens is 1. The predicted octanol–water partition coefficient (Wildman–Crippen LogP) is 3.69. The molecule has 0 saturated carbocycles. The number of carbonyl (C=O) groups is 2. The fraction of sp³-hybridized carbons (Fsp3) is 0.263. The fourth-order valence-electron chi connectivity index (χ4n) is 2.30. The third-order valence-corrected chi connectivity index (χ3v) is 3.92. The molecule has 0 saturated heterocycles. The van der Waals surface area contributed by atoms with Gasteiger partial charge in [-0.25, -0.2) is 0 Å². The van der Waals surface area contributed by atoms with Gasteiger partial charge in [0.1, 0.15) is 0 Å². The zero-order chi connectivity index (χ0) is 17.4. The maximum absolute atomic E-state index is 11.9. The van der Waals surface area contributed by atoms with E-state index in [0.717, 1.165) is 11.1 Å². The molecule has 0 aliphatic carbocycles. The van der Waals surface area contributed by atoms with Gasteiger partial charge in [0, 0.05) is 11.4 Å². The number of rotatable bonds is 7. The standard InChI is InChI=1S/C19H20ClNO3/c1-14(16-9-5-6-10-17(16)20)21-18(22)13-24-19(23)12-11-15-7-3-2-4-8-15/h2-10,14H,11-13H2,1H3,(H,21,22)/t14-/m1/s1. The highest BCUT2D eigenvalue weighted by atomic mass is 35.5. The van der Waals surface area contributed by atoms with Gasteiger partial charge in [0.2, 0.25) is 0 Å². The number of hydrogen-bond acceptors (Lipinski definition) is 3. The van der Waals surface area contributed by atoms with Crippen LogP contribution in [-0.4, -0.2) is 18.5 Å². The topological polar surface area (TPSA) is 55.4 Å². The van der Waals surface area contributed by atoms with Crippen molar-refractivity contribution >= 4 is 23.5 Å². The van der Waals surface area contributed by atoms with E-state index in [1.54, 1.807) is 6.07 Å². The van der Waals surface area contributed by atoms with Crippen molar-refractivity contribution in [3.05, 3.63) is 70.7 Å². The first kappa shape index (κ1) is 18.0. The Hall–Kier alpha value is -2.33. The number of benzene rings is 2. The van der Waals surface area contributed by atoms with Crippen molar-refractivity contribution in [2.75, 3.05) is 6.61 Å². The van der Waals surface area contributed by atoms with Gasteiger partial charge in [-0.2, -0.15) is 0 Å². The van der Waals surface area contributed by atoms with Gasteiger partial charge in [-0.15, -0.1) is 0 Å². The molecule has 4 nitrogen and oxygen atoms in total. The second-order valence-corrected chi connectivity index (χ2v) is 5.86. The molecule has 0 aliphatic rings. The van der Waals surface area contributed by atoms with Crippen LogP contribution in [0.2, 0.25) is 5.02 Å². The van der Waals surface area contributed by atoms with E-state index in [0.29, 0.717) is 11.4 Å². The minimum atomic E-state index is -0.389. The number of esters is 1. The molecule has 0 unspecified atom stereocenters. The zero-order valence-electron chi connectivity index (χ0n) is 13.5. The summed E-state index contributed by atoms with van der Waals surface area (Å²) in [7, 11) is 0. The highest BCUT2D eigenvalue weighted by Gasteiger charge is 2.13. The van der Waals surface area contributed by atoms with E-state index >= 15 is 0 Å². The van der Waals surface area contributed by atoms with E-state index in [1.807, 2.05) is 55.5 Å². The van der Waals surface area contributed by atoms with E-state index in [9.17, 15) is 9.59 Å². The molecule has 1 N–H and O–H groups in total. The van der Waals surface area contributed by atoms with Gasteiger partial charge in [-0.1, -0.05) is 60.1 Å². The van der Waals surface area contributed by atoms with E-state index in [-0.39, 0.29) is 30.9 Å². The minimum Gasteiger partial charge on any atom is -0.456 e. The first-order valence-corrected chi connectivity index (χ1v) is 8.17. The first-order valence-electron chi connectivity index (χ1n) is 7.79. The largest absolute Gasteiger partial charge is 0.456 e. The van der Waals surface area contributed by atoms with Crippen molar-refractivity contribution in [2.45, 2.75) is 25.8 Å². The van der Waals surface area contributed by atoms with Crippen LogP contribution < -0.4 is 5.32 Å². The molecule has 2 aromatic carbocycles. The molecular weight excluding hydrogens is 326 g/mol. The van der Waals surface area contributed by atoms with Gasteiger partial charge < -0.3 is 10.1 Å². The van der Waals surface area contributed by atoms with Crippen LogP contribution in [0.4, 0.5) is 0 Å². The summed E-state index contributed by atoms with van der Waals surface area (Å²) >= 11 is 6.09. The molecule has 5 heteroatoms. The lowest BCUT2D eigenvalue weighted by Gasteiger charge is -2.15. The van der Waals surface area contributed by atoms with Gasteiger partial charge in [0.15, 0.2) is 6.61 Å². The molecule has 2 rings (SSSR count). The maximum Gasteiger partial charge on any atom is 0.306 e. The van der Waals surface area contributed by atoms with Crippen molar-refractivity contribution in [1.82, 2.24) is 5.32 Å². The summed E-state index contributed by atoms with van der Waals surface area (Å²) in [5.74, 6) is -0.741. The van der Waals surface area contributed by atoms with Gasteiger partial charge in [0.25, 0.3) is 5.91 Å². The number of carbonyl (C=O) groups excluding carboxylic acids is 2. The van der Waals surface area contributed by atoms with Crippen LogP contribution in [-0.2, 0) is 20.7 Å². The Bertz CT molecular complexity index is 688. The first-order chi connectivity index (χ1) is 11.6. The molecular formula is C19H20ClNO3. The summed E-state index contributed by atoms with van der Waals surface area (Å²) in [6.45, 7) is 1.54. The monoisotopic (exact) mass is 345 g/mol. The summed E-state index contributed by atoms with van der Waals surface area (Å²) in [6, 6.07) is 16.7. The molecule has 0 fully saturated rings. The highest BCUT2D eigenvalue weighted by Crippen LogP contribution is 2.21. The molecule has 0 aliphatic heterocycles. The second-order valence-electron chi connectivity index (χ2n) is 5.46. The molecule has 126 valence electrons. The average Bonchev–Trinajstić information content (AvgIpc) is 2.59.